The van der Waals surface area contributed by atoms with Crippen molar-refractivity contribution < 1.29 is 9.18 Å². The van der Waals surface area contributed by atoms with Gasteiger partial charge in [0.1, 0.15) is 5.82 Å². The van der Waals surface area contributed by atoms with Crippen molar-refractivity contribution >= 4 is 11.6 Å². The summed E-state index contributed by atoms with van der Waals surface area (Å²) in [5.41, 5.74) is 5.88. The number of carbonyl (C=O) groups is 1. The Labute approximate surface area is 111 Å². The van der Waals surface area contributed by atoms with E-state index >= 15 is 0 Å². The first-order valence-electron chi connectivity index (χ1n) is 6.75. The fraction of sp³-hybridized carbons (Fsp3) is 0.500. The number of rotatable bonds is 3. The molecule has 2 saturated heterocycles. The standard InChI is InChI=1S/C14H18FN3O/c15-11-4-3-9(8-10(11)14(16)19)17-12-5-7-18-6-1-2-13(12)18/h3-4,8,12-13,17H,1-2,5-7H2,(H2,16,19). The third-order valence-corrected chi connectivity index (χ3v) is 4.19. The third-order valence-electron chi connectivity index (χ3n) is 4.19. The van der Waals surface area contributed by atoms with Crippen LogP contribution in [0.1, 0.15) is 29.6 Å². The molecule has 2 aliphatic heterocycles. The van der Waals surface area contributed by atoms with Gasteiger partial charge in [-0.2, -0.15) is 0 Å². The SMILES string of the molecule is NC(=O)c1cc(NC2CCN3CCCC23)ccc1F. The maximum Gasteiger partial charge on any atom is 0.251 e. The van der Waals surface area contributed by atoms with E-state index in [1.54, 1.807) is 6.07 Å². The summed E-state index contributed by atoms with van der Waals surface area (Å²) in [6.45, 7) is 2.30. The zero-order valence-corrected chi connectivity index (χ0v) is 10.7. The van der Waals surface area contributed by atoms with E-state index in [1.807, 2.05) is 0 Å². The summed E-state index contributed by atoms with van der Waals surface area (Å²) in [5, 5.41) is 3.42. The second kappa shape index (κ2) is 4.81. The maximum atomic E-state index is 13.4. The molecular formula is C14H18FN3O. The number of benzene rings is 1. The number of carbonyl (C=O) groups excluding carboxylic acids is 1. The van der Waals surface area contributed by atoms with Crippen LogP contribution < -0.4 is 11.1 Å². The Morgan fingerprint density at radius 3 is 3.00 bits per heavy atom. The molecule has 0 radical (unpaired) electrons. The van der Waals surface area contributed by atoms with Crippen molar-refractivity contribution in [3.63, 3.8) is 0 Å². The van der Waals surface area contributed by atoms with Gasteiger partial charge >= 0.3 is 0 Å². The van der Waals surface area contributed by atoms with E-state index in [2.05, 4.69) is 10.2 Å². The first-order valence-corrected chi connectivity index (χ1v) is 6.75. The predicted octanol–water partition coefficient (Wildman–Crippen LogP) is 1.57. The minimum absolute atomic E-state index is 0.0497. The summed E-state index contributed by atoms with van der Waals surface area (Å²) in [6.07, 6.45) is 3.55. The number of nitrogens with two attached hydrogens (primary N) is 1. The van der Waals surface area contributed by atoms with Crippen LogP contribution in [-0.2, 0) is 0 Å². The Balaban J connectivity index is 1.76. The number of amides is 1. The van der Waals surface area contributed by atoms with Crippen molar-refractivity contribution in [1.29, 1.82) is 0 Å². The van der Waals surface area contributed by atoms with Crippen LogP contribution >= 0.6 is 0 Å². The third kappa shape index (κ3) is 2.30. The number of hydrogen-bond acceptors (Lipinski definition) is 3. The van der Waals surface area contributed by atoms with E-state index in [9.17, 15) is 9.18 Å². The average Bonchev–Trinajstić information content (AvgIpc) is 2.96. The zero-order valence-electron chi connectivity index (χ0n) is 10.7. The van der Waals surface area contributed by atoms with Gasteiger partial charge in [-0.15, -0.1) is 0 Å². The number of anilines is 1. The number of fused-ring (bicyclic) bond motifs is 1. The molecule has 0 bridgehead atoms. The Morgan fingerprint density at radius 1 is 1.37 bits per heavy atom. The summed E-state index contributed by atoms with van der Waals surface area (Å²) < 4.78 is 13.4. The highest BCUT2D eigenvalue weighted by atomic mass is 19.1. The van der Waals surface area contributed by atoms with Crippen molar-refractivity contribution in [2.24, 2.45) is 5.73 Å². The van der Waals surface area contributed by atoms with E-state index in [0.717, 1.165) is 18.7 Å². The minimum Gasteiger partial charge on any atom is -0.381 e. The average molecular weight is 263 g/mol. The van der Waals surface area contributed by atoms with Crippen LogP contribution in [0.3, 0.4) is 0 Å². The van der Waals surface area contributed by atoms with Gasteiger partial charge in [-0.1, -0.05) is 0 Å². The molecule has 0 saturated carbocycles. The molecule has 0 spiro atoms. The van der Waals surface area contributed by atoms with Crippen LogP contribution in [0.25, 0.3) is 0 Å². The van der Waals surface area contributed by atoms with Gasteiger partial charge in [-0.3, -0.25) is 9.69 Å². The minimum atomic E-state index is -0.727. The molecule has 0 aromatic heterocycles. The van der Waals surface area contributed by atoms with Crippen LogP contribution in [0.2, 0.25) is 0 Å². The Hall–Kier alpha value is -1.62. The fourth-order valence-electron chi connectivity index (χ4n) is 3.27. The molecule has 4 nitrogen and oxygen atoms in total. The van der Waals surface area contributed by atoms with Gasteiger partial charge in [0.25, 0.3) is 5.91 Å². The van der Waals surface area contributed by atoms with Crippen molar-refractivity contribution in [1.82, 2.24) is 4.90 Å². The summed E-state index contributed by atoms with van der Waals surface area (Å²) in [4.78, 5) is 13.6. The van der Waals surface area contributed by atoms with Gasteiger partial charge in [0.05, 0.1) is 5.56 Å². The normalized spacial score (nSPS) is 26.4. The summed E-state index contributed by atoms with van der Waals surface area (Å²) in [5.74, 6) is -1.29. The topological polar surface area (TPSA) is 58.4 Å². The van der Waals surface area contributed by atoms with Crippen molar-refractivity contribution in [2.45, 2.75) is 31.3 Å². The van der Waals surface area contributed by atoms with E-state index in [-0.39, 0.29) is 5.56 Å². The summed E-state index contributed by atoms with van der Waals surface area (Å²) in [7, 11) is 0. The molecule has 102 valence electrons. The lowest BCUT2D eigenvalue weighted by Crippen LogP contribution is -2.33. The van der Waals surface area contributed by atoms with Crippen LogP contribution in [-0.4, -0.2) is 36.0 Å². The molecular weight excluding hydrogens is 245 g/mol. The number of hydrogen-bond donors (Lipinski definition) is 2. The molecule has 3 rings (SSSR count). The molecule has 2 atom stereocenters. The molecule has 19 heavy (non-hydrogen) atoms. The van der Waals surface area contributed by atoms with Crippen LogP contribution in [0.15, 0.2) is 18.2 Å². The van der Waals surface area contributed by atoms with Gasteiger partial charge in [-0.25, -0.2) is 4.39 Å². The smallest absolute Gasteiger partial charge is 0.251 e. The molecule has 1 aromatic carbocycles. The lowest BCUT2D eigenvalue weighted by Gasteiger charge is -2.22. The van der Waals surface area contributed by atoms with Crippen molar-refractivity contribution in [3.8, 4) is 0 Å². The molecule has 1 aromatic rings. The van der Waals surface area contributed by atoms with Crippen molar-refractivity contribution in [3.05, 3.63) is 29.6 Å². The molecule has 5 heteroatoms. The van der Waals surface area contributed by atoms with Gasteiger partial charge in [-0.05, 0) is 44.0 Å². The largest absolute Gasteiger partial charge is 0.381 e. The van der Waals surface area contributed by atoms with Crippen molar-refractivity contribution in [2.75, 3.05) is 18.4 Å². The van der Waals surface area contributed by atoms with Gasteiger partial charge < -0.3 is 11.1 Å². The molecule has 2 heterocycles. The van der Waals surface area contributed by atoms with E-state index < -0.39 is 11.7 Å². The second-order valence-electron chi connectivity index (χ2n) is 5.34. The number of primary amides is 1. The highest BCUT2D eigenvalue weighted by Gasteiger charge is 2.36. The van der Waals surface area contributed by atoms with E-state index in [4.69, 9.17) is 5.73 Å². The number of nitrogens with one attached hydrogen (secondary N) is 1. The Morgan fingerprint density at radius 2 is 2.21 bits per heavy atom. The summed E-state index contributed by atoms with van der Waals surface area (Å²) in [6, 6.07) is 5.43. The maximum absolute atomic E-state index is 13.4. The lowest BCUT2D eigenvalue weighted by molar-refractivity contribution is 0.0996. The van der Waals surface area contributed by atoms with Crippen LogP contribution in [0, 0.1) is 5.82 Å². The quantitative estimate of drug-likeness (QED) is 0.870. The number of nitrogens with zero attached hydrogens (tertiary/aromatic N) is 1. The number of halogens is 1. The Bertz CT molecular complexity index is 505. The first-order chi connectivity index (χ1) is 9.15. The summed E-state index contributed by atoms with van der Waals surface area (Å²) >= 11 is 0. The molecule has 3 N–H and O–H groups in total. The zero-order chi connectivity index (χ0) is 13.4. The van der Waals surface area contributed by atoms with E-state index in [0.29, 0.717) is 12.1 Å². The van der Waals surface area contributed by atoms with Gasteiger partial charge in [0.15, 0.2) is 0 Å². The molecule has 1 amide bonds. The first kappa shape index (κ1) is 12.4. The molecule has 2 unspecified atom stereocenters. The van der Waals surface area contributed by atoms with Gasteiger partial charge in [0.2, 0.25) is 0 Å². The van der Waals surface area contributed by atoms with E-state index in [1.165, 1.54) is 31.5 Å². The van der Waals surface area contributed by atoms with Gasteiger partial charge in [0, 0.05) is 24.3 Å². The highest BCUT2D eigenvalue weighted by molar-refractivity contribution is 5.94. The fourth-order valence-corrected chi connectivity index (χ4v) is 3.27. The molecule has 2 fully saturated rings. The Kier molecular flexibility index (Phi) is 3.14. The monoisotopic (exact) mass is 263 g/mol. The second-order valence-corrected chi connectivity index (χ2v) is 5.34. The van der Waals surface area contributed by atoms with Crippen LogP contribution in [0.5, 0.6) is 0 Å². The lowest BCUT2D eigenvalue weighted by atomic mass is 10.1. The predicted molar refractivity (Wildman–Crippen MR) is 71.5 cm³/mol. The van der Waals surface area contributed by atoms with Crippen LogP contribution in [0.4, 0.5) is 10.1 Å². The molecule has 0 aliphatic carbocycles. The highest BCUT2D eigenvalue weighted by Crippen LogP contribution is 2.30. The molecule has 2 aliphatic rings.